The highest BCUT2D eigenvalue weighted by atomic mass is 16.6. The van der Waals surface area contributed by atoms with E-state index < -0.39 is 5.60 Å². The molecule has 1 amide bonds. The van der Waals surface area contributed by atoms with E-state index in [-0.39, 0.29) is 12.1 Å². The van der Waals surface area contributed by atoms with Gasteiger partial charge in [0.2, 0.25) is 0 Å². The maximum atomic E-state index is 11.6. The lowest BCUT2D eigenvalue weighted by molar-refractivity contribution is 0.0470. The highest BCUT2D eigenvalue weighted by Crippen LogP contribution is 2.35. The maximum Gasteiger partial charge on any atom is 0.407 e. The van der Waals surface area contributed by atoms with Crippen molar-refractivity contribution in [1.82, 2.24) is 10.3 Å². The third-order valence-electron chi connectivity index (χ3n) is 3.21. The van der Waals surface area contributed by atoms with Crippen molar-refractivity contribution in [2.24, 2.45) is 0 Å². The molecule has 0 atom stereocenters. The molecule has 1 N–H and O–H groups in total. The van der Waals surface area contributed by atoms with Gasteiger partial charge in [0.25, 0.3) is 0 Å². The predicted molar refractivity (Wildman–Crippen MR) is 74.1 cm³/mol. The molecule has 0 spiro atoms. The van der Waals surface area contributed by atoms with Gasteiger partial charge in [-0.15, -0.1) is 0 Å². The monoisotopic (exact) mass is 262 g/mol. The first kappa shape index (κ1) is 13.8. The molecule has 0 bridgehead atoms. The summed E-state index contributed by atoms with van der Waals surface area (Å²) in [5, 5.41) is 2.90. The zero-order valence-electron chi connectivity index (χ0n) is 12.1. The van der Waals surface area contributed by atoms with Crippen LogP contribution in [0.2, 0.25) is 0 Å². The SMILES string of the molecule is Cc1ccc([C@H]2C[C@@H](NC(=O)OC(C)(C)C)C2)nc1. The van der Waals surface area contributed by atoms with Gasteiger partial charge in [-0.3, -0.25) is 4.98 Å². The van der Waals surface area contributed by atoms with Crippen LogP contribution in [-0.2, 0) is 4.74 Å². The van der Waals surface area contributed by atoms with Crippen molar-refractivity contribution in [3.8, 4) is 0 Å². The zero-order chi connectivity index (χ0) is 14.0. The van der Waals surface area contributed by atoms with Crippen LogP contribution in [-0.4, -0.2) is 22.7 Å². The van der Waals surface area contributed by atoms with Crippen LogP contribution in [0.5, 0.6) is 0 Å². The van der Waals surface area contributed by atoms with Gasteiger partial charge < -0.3 is 10.1 Å². The van der Waals surface area contributed by atoms with Crippen molar-refractivity contribution in [2.75, 3.05) is 0 Å². The van der Waals surface area contributed by atoms with Gasteiger partial charge in [0.1, 0.15) is 5.60 Å². The van der Waals surface area contributed by atoms with Crippen LogP contribution in [0.1, 0.15) is 50.8 Å². The first-order chi connectivity index (χ1) is 8.83. The molecule has 1 saturated carbocycles. The minimum atomic E-state index is -0.439. The minimum absolute atomic E-state index is 0.211. The van der Waals surface area contributed by atoms with Crippen LogP contribution in [0, 0.1) is 6.92 Å². The molecular formula is C15H22N2O2. The number of hydrogen-bond donors (Lipinski definition) is 1. The summed E-state index contributed by atoms with van der Waals surface area (Å²) in [6, 6.07) is 4.36. The fourth-order valence-electron chi connectivity index (χ4n) is 2.17. The van der Waals surface area contributed by atoms with Gasteiger partial charge in [-0.05, 0) is 52.2 Å². The fourth-order valence-corrected chi connectivity index (χ4v) is 2.17. The molecule has 0 radical (unpaired) electrons. The van der Waals surface area contributed by atoms with E-state index in [1.54, 1.807) is 0 Å². The summed E-state index contributed by atoms with van der Waals surface area (Å²) in [6.45, 7) is 7.63. The number of nitrogens with one attached hydrogen (secondary N) is 1. The van der Waals surface area contributed by atoms with Crippen LogP contribution >= 0.6 is 0 Å². The van der Waals surface area contributed by atoms with Gasteiger partial charge >= 0.3 is 6.09 Å². The average Bonchev–Trinajstić information content (AvgIpc) is 2.22. The molecule has 104 valence electrons. The summed E-state index contributed by atoms with van der Waals surface area (Å²) >= 11 is 0. The number of aromatic nitrogens is 1. The van der Waals surface area contributed by atoms with E-state index in [1.807, 2.05) is 33.9 Å². The molecule has 0 saturated heterocycles. The highest BCUT2D eigenvalue weighted by molar-refractivity contribution is 5.68. The van der Waals surface area contributed by atoms with Crippen LogP contribution < -0.4 is 5.32 Å². The predicted octanol–water partition coefficient (Wildman–Crippen LogP) is 3.16. The quantitative estimate of drug-likeness (QED) is 0.890. The van der Waals surface area contributed by atoms with Crippen molar-refractivity contribution < 1.29 is 9.53 Å². The van der Waals surface area contributed by atoms with Crippen molar-refractivity contribution >= 4 is 6.09 Å². The summed E-state index contributed by atoms with van der Waals surface area (Å²) in [4.78, 5) is 16.0. The Morgan fingerprint density at radius 2 is 2.05 bits per heavy atom. The number of carbonyl (C=O) groups is 1. The Morgan fingerprint density at radius 1 is 1.37 bits per heavy atom. The second-order valence-electron chi connectivity index (χ2n) is 6.27. The molecular weight excluding hydrogens is 240 g/mol. The van der Waals surface area contributed by atoms with Crippen LogP contribution in [0.3, 0.4) is 0 Å². The topological polar surface area (TPSA) is 51.2 Å². The van der Waals surface area contributed by atoms with E-state index in [0.29, 0.717) is 5.92 Å². The van der Waals surface area contributed by atoms with Gasteiger partial charge in [-0.2, -0.15) is 0 Å². The normalized spacial score (nSPS) is 22.5. The molecule has 1 aromatic rings. The van der Waals surface area contributed by atoms with Crippen molar-refractivity contribution in [1.29, 1.82) is 0 Å². The smallest absolute Gasteiger partial charge is 0.407 e. The molecule has 19 heavy (non-hydrogen) atoms. The number of ether oxygens (including phenoxy) is 1. The summed E-state index contributed by atoms with van der Waals surface area (Å²) < 4.78 is 5.24. The molecule has 0 unspecified atom stereocenters. The second-order valence-corrected chi connectivity index (χ2v) is 6.27. The zero-order valence-corrected chi connectivity index (χ0v) is 12.1. The van der Waals surface area contributed by atoms with Crippen molar-refractivity contribution in [3.63, 3.8) is 0 Å². The lowest BCUT2D eigenvalue weighted by Gasteiger charge is -2.35. The van der Waals surface area contributed by atoms with E-state index in [4.69, 9.17) is 4.74 Å². The van der Waals surface area contributed by atoms with E-state index in [0.717, 1.165) is 18.5 Å². The summed E-state index contributed by atoms with van der Waals surface area (Å²) in [5.74, 6) is 0.459. The van der Waals surface area contributed by atoms with E-state index in [9.17, 15) is 4.79 Å². The Kier molecular flexibility index (Phi) is 3.78. The molecule has 1 fully saturated rings. The number of rotatable bonds is 2. The molecule has 0 aliphatic heterocycles. The molecule has 1 aliphatic rings. The molecule has 4 nitrogen and oxygen atoms in total. The summed E-state index contributed by atoms with van der Waals surface area (Å²) in [6.07, 6.45) is 3.45. The number of nitrogens with zero attached hydrogens (tertiary/aromatic N) is 1. The molecule has 1 aromatic heterocycles. The number of hydrogen-bond acceptors (Lipinski definition) is 3. The standard InChI is InChI=1S/C15H22N2O2/c1-10-5-6-13(16-9-10)11-7-12(8-11)17-14(18)19-15(2,3)4/h5-6,9,11-12H,7-8H2,1-4H3,(H,17,18)/t11-,12+. The Hall–Kier alpha value is -1.58. The lowest BCUT2D eigenvalue weighted by atomic mass is 9.78. The lowest BCUT2D eigenvalue weighted by Crippen LogP contribution is -2.45. The third kappa shape index (κ3) is 3.94. The second kappa shape index (κ2) is 5.19. The highest BCUT2D eigenvalue weighted by Gasteiger charge is 2.33. The number of alkyl carbamates (subject to hydrolysis) is 1. The Balaban J connectivity index is 1.77. The maximum absolute atomic E-state index is 11.6. The number of aryl methyl sites for hydroxylation is 1. The van der Waals surface area contributed by atoms with Crippen molar-refractivity contribution in [2.45, 2.75) is 58.1 Å². The van der Waals surface area contributed by atoms with E-state index in [1.165, 1.54) is 5.56 Å². The molecule has 1 aliphatic carbocycles. The number of amides is 1. The molecule has 2 rings (SSSR count). The van der Waals surface area contributed by atoms with Crippen LogP contribution in [0.25, 0.3) is 0 Å². The summed E-state index contributed by atoms with van der Waals surface area (Å²) in [7, 11) is 0. The largest absolute Gasteiger partial charge is 0.444 e. The fraction of sp³-hybridized carbons (Fsp3) is 0.600. The van der Waals surface area contributed by atoms with Crippen LogP contribution in [0.15, 0.2) is 18.3 Å². The average molecular weight is 262 g/mol. The third-order valence-corrected chi connectivity index (χ3v) is 3.21. The first-order valence-corrected chi connectivity index (χ1v) is 6.75. The number of carbonyl (C=O) groups excluding carboxylic acids is 1. The molecule has 0 aromatic carbocycles. The number of pyridine rings is 1. The van der Waals surface area contributed by atoms with Crippen molar-refractivity contribution in [3.05, 3.63) is 29.6 Å². The van der Waals surface area contributed by atoms with Gasteiger partial charge in [-0.1, -0.05) is 6.07 Å². The first-order valence-electron chi connectivity index (χ1n) is 6.75. The van der Waals surface area contributed by atoms with E-state index >= 15 is 0 Å². The van der Waals surface area contributed by atoms with Gasteiger partial charge in [0, 0.05) is 23.9 Å². The molecule has 1 heterocycles. The Labute approximate surface area is 114 Å². The minimum Gasteiger partial charge on any atom is -0.444 e. The summed E-state index contributed by atoms with van der Waals surface area (Å²) in [5.41, 5.74) is 1.85. The van der Waals surface area contributed by atoms with Crippen LogP contribution in [0.4, 0.5) is 4.79 Å². The molecule has 4 heteroatoms. The van der Waals surface area contributed by atoms with Gasteiger partial charge in [0.05, 0.1) is 0 Å². The Morgan fingerprint density at radius 3 is 2.58 bits per heavy atom. The van der Waals surface area contributed by atoms with Gasteiger partial charge in [-0.25, -0.2) is 4.79 Å². The van der Waals surface area contributed by atoms with Gasteiger partial charge in [0.15, 0.2) is 0 Å². The Bertz CT molecular complexity index is 442. The van der Waals surface area contributed by atoms with E-state index in [2.05, 4.69) is 22.4 Å².